The number of Topliss-reactive ketones (excluding diaryl/α,β-unsaturated/α-hetero) is 1. The topological polar surface area (TPSA) is 26.3 Å². The number of ether oxygens (including phenoxy) is 1. The average Bonchev–Trinajstić information content (AvgIpc) is 2.50. The molecular weight excluding hydrogens is 311 g/mol. The molecule has 2 rings (SSSR count). The molecule has 1 aliphatic rings. The second-order valence-electron chi connectivity index (χ2n) is 6.19. The number of halogens is 2. The quantitative estimate of drug-likeness (QED) is 0.754. The minimum Gasteiger partial charge on any atom is -0.369 e. The van der Waals surface area contributed by atoms with Crippen molar-refractivity contribution in [1.29, 1.82) is 0 Å². The van der Waals surface area contributed by atoms with E-state index in [0.29, 0.717) is 10.9 Å². The first-order valence-corrected chi connectivity index (χ1v) is 7.12. The molecule has 0 spiro atoms. The van der Waals surface area contributed by atoms with Gasteiger partial charge in [0.05, 0.1) is 27.2 Å². The Kier molecular flexibility index (Phi) is 3.60. The molecule has 0 aliphatic carbocycles. The van der Waals surface area contributed by atoms with Gasteiger partial charge in [0.2, 0.25) is 0 Å². The van der Waals surface area contributed by atoms with Crippen LogP contribution in [0.25, 0.3) is 0 Å². The monoisotopic (exact) mass is 328 g/mol. The van der Waals surface area contributed by atoms with E-state index in [4.69, 9.17) is 4.74 Å². The van der Waals surface area contributed by atoms with E-state index in [1.54, 1.807) is 12.1 Å². The lowest BCUT2D eigenvalue weighted by Gasteiger charge is -2.26. The van der Waals surface area contributed by atoms with Gasteiger partial charge in [-0.2, -0.15) is 0 Å². The first-order valence-electron chi connectivity index (χ1n) is 6.32. The molecule has 0 radical (unpaired) electrons. The third-order valence-electron chi connectivity index (χ3n) is 3.61. The first-order chi connectivity index (χ1) is 8.64. The van der Waals surface area contributed by atoms with Crippen LogP contribution in [0, 0.1) is 11.7 Å². The Labute approximate surface area is 121 Å². The molecule has 0 N–H and O–H groups in total. The van der Waals surface area contributed by atoms with Gasteiger partial charge < -0.3 is 4.74 Å². The van der Waals surface area contributed by atoms with Gasteiger partial charge in [0.1, 0.15) is 5.82 Å². The predicted molar refractivity (Wildman–Crippen MR) is 75.8 cm³/mol. The van der Waals surface area contributed by atoms with E-state index in [1.807, 2.05) is 27.7 Å². The molecule has 0 aromatic heterocycles. The largest absolute Gasteiger partial charge is 0.369 e. The summed E-state index contributed by atoms with van der Waals surface area (Å²) in [6.07, 6.45) is 0.602. The lowest BCUT2D eigenvalue weighted by Crippen LogP contribution is -2.34. The van der Waals surface area contributed by atoms with Gasteiger partial charge in [-0.25, -0.2) is 4.39 Å². The maximum absolute atomic E-state index is 14.0. The molecule has 1 aromatic rings. The van der Waals surface area contributed by atoms with Crippen LogP contribution in [0.15, 0.2) is 22.7 Å². The molecule has 1 saturated heterocycles. The highest BCUT2D eigenvalue weighted by molar-refractivity contribution is 9.10. The highest BCUT2D eigenvalue weighted by atomic mass is 79.9. The van der Waals surface area contributed by atoms with Crippen LogP contribution in [0.2, 0.25) is 0 Å². The number of benzene rings is 1. The van der Waals surface area contributed by atoms with Crippen LogP contribution in [0.4, 0.5) is 4.39 Å². The number of ketones is 1. The number of carbonyl (C=O) groups excluding carboxylic acids is 1. The smallest absolute Gasteiger partial charge is 0.171 e. The molecule has 0 saturated carbocycles. The lowest BCUT2D eigenvalue weighted by molar-refractivity contribution is -0.0712. The zero-order valence-electron chi connectivity index (χ0n) is 11.6. The summed E-state index contributed by atoms with van der Waals surface area (Å²) < 4.78 is 20.3. The van der Waals surface area contributed by atoms with Gasteiger partial charge in [0.25, 0.3) is 0 Å². The molecule has 1 atom stereocenters. The number of hydrogen-bond donors (Lipinski definition) is 0. The molecule has 1 aliphatic heterocycles. The maximum Gasteiger partial charge on any atom is 0.171 e. The highest BCUT2D eigenvalue weighted by Crippen LogP contribution is 2.43. The second-order valence-corrected chi connectivity index (χ2v) is 7.04. The van der Waals surface area contributed by atoms with Crippen LogP contribution in [0.5, 0.6) is 0 Å². The van der Waals surface area contributed by atoms with Crippen LogP contribution in [0.3, 0.4) is 0 Å². The Morgan fingerprint density at radius 1 is 1.37 bits per heavy atom. The summed E-state index contributed by atoms with van der Waals surface area (Å²) in [5.74, 6) is -1.01. The fourth-order valence-corrected chi connectivity index (χ4v) is 3.22. The Hall–Kier alpha value is -0.740. The van der Waals surface area contributed by atoms with Crippen molar-refractivity contribution in [2.75, 3.05) is 0 Å². The van der Waals surface area contributed by atoms with Crippen LogP contribution in [0.1, 0.15) is 44.5 Å². The number of hydrogen-bond acceptors (Lipinski definition) is 2. The molecule has 0 amide bonds. The summed E-state index contributed by atoms with van der Waals surface area (Å²) >= 11 is 3.12. The summed E-state index contributed by atoms with van der Waals surface area (Å²) in [7, 11) is 0. The van der Waals surface area contributed by atoms with E-state index in [9.17, 15) is 9.18 Å². The summed E-state index contributed by atoms with van der Waals surface area (Å²) in [4.78, 5) is 12.6. The fraction of sp³-hybridized carbons (Fsp3) is 0.533. The van der Waals surface area contributed by atoms with Gasteiger partial charge in [-0.05, 0) is 62.2 Å². The van der Waals surface area contributed by atoms with Crippen molar-refractivity contribution in [3.05, 3.63) is 34.1 Å². The molecule has 1 heterocycles. The summed E-state index contributed by atoms with van der Waals surface area (Å²) in [5.41, 5.74) is -0.796. The summed E-state index contributed by atoms with van der Waals surface area (Å²) in [6.45, 7) is 7.69. The minimum absolute atomic E-state index is 0.133. The van der Waals surface area contributed by atoms with Crippen LogP contribution < -0.4 is 0 Å². The lowest BCUT2D eigenvalue weighted by atomic mass is 9.81. The Morgan fingerprint density at radius 3 is 2.53 bits per heavy atom. The molecule has 104 valence electrons. The van der Waals surface area contributed by atoms with E-state index in [-0.39, 0.29) is 22.9 Å². The van der Waals surface area contributed by atoms with E-state index in [2.05, 4.69) is 15.9 Å². The third-order valence-corrected chi connectivity index (χ3v) is 4.22. The van der Waals surface area contributed by atoms with Crippen molar-refractivity contribution >= 4 is 21.7 Å². The number of rotatable bonds is 2. The molecule has 19 heavy (non-hydrogen) atoms. The first kappa shape index (κ1) is 14.7. The van der Waals surface area contributed by atoms with E-state index in [1.165, 1.54) is 6.07 Å². The Morgan fingerprint density at radius 2 is 2.00 bits per heavy atom. The molecular formula is C15H18BrFO2. The van der Waals surface area contributed by atoms with Gasteiger partial charge in [-0.15, -0.1) is 0 Å². The second kappa shape index (κ2) is 4.67. The van der Waals surface area contributed by atoms with Gasteiger partial charge >= 0.3 is 0 Å². The zero-order chi connectivity index (χ0) is 14.4. The van der Waals surface area contributed by atoms with Crippen molar-refractivity contribution in [2.24, 2.45) is 5.92 Å². The molecule has 1 fully saturated rings. The SMILES string of the molecule is CC1(C)CC(C(=O)c2cccc(Br)c2F)C(C)(C)O1. The third kappa shape index (κ3) is 2.75. The standard InChI is InChI=1S/C15H18BrFO2/c1-14(2)8-10(15(3,4)19-14)13(18)9-6-5-7-11(16)12(9)17/h5-7,10H,8H2,1-4H3. The van der Waals surface area contributed by atoms with Gasteiger partial charge in [-0.3, -0.25) is 4.79 Å². The Bertz CT molecular complexity index is 523. The van der Waals surface area contributed by atoms with E-state index >= 15 is 0 Å². The maximum atomic E-state index is 14.0. The molecule has 0 bridgehead atoms. The molecule has 1 unspecified atom stereocenters. The summed E-state index contributed by atoms with van der Waals surface area (Å²) in [5, 5.41) is 0. The number of carbonyl (C=O) groups is 1. The van der Waals surface area contributed by atoms with Crippen LogP contribution in [-0.2, 0) is 4.74 Å². The van der Waals surface area contributed by atoms with Gasteiger partial charge in [-0.1, -0.05) is 6.07 Å². The van der Waals surface area contributed by atoms with Crippen molar-refractivity contribution in [1.82, 2.24) is 0 Å². The molecule has 1 aromatic carbocycles. The summed E-state index contributed by atoms with van der Waals surface area (Å²) in [6, 6.07) is 4.80. The van der Waals surface area contributed by atoms with Crippen molar-refractivity contribution in [2.45, 2.75) is 45.3 Å². The minimum atomic E-state index is -0.574. The van der Waals surface area contributed by atoms with E-state index < -0.39 is 11.4 Å². The molecule has 4 heteroatoms. The normalized spacial score (nSPS) is 24.4. The van der Waals surface area contributed by atoms with Crippen LogP contribution >= 0.6 is 15.9 Å². The highest BCUT2D eigenvalue weighted by Gasteiger charge is 2.49. The molecule has 2 nitrogen and oxygen atoms in total. The Balaban J connectivity index is 2.37. The van der Waals surface area contributed by atoms with Gasteiger partial charge in [0, 0.05) is 0 Å². The van der Waals surface area contributed by atoms with Crippen LogP contribution in [-0.4, -0.2) is 17.0 Å². The average molecular weight is 329 g/mol. The van der Waals surface area contributed by atoms with Crippen molar-refractivity contribution in [3.8, 4) is 0 Å². The van der Waals surface area contributed by atoms with Crippen molar-refractivity contribution in [3.63, 3.8) is 0 Å². The van der Waals surface area contributed by atoms with E-state index in [0.717, 1.165) is 0 Å². The van der Waals surface area contributed by atoms with Gasteiger partial charge in [0.15, 0.2) is 5.78 Å². The zero-order valence-corrected chi connectivity index (χ0v) is 13.2. The fourth-order valence-electron chi connectivity index (χ4n) is 2.85. The van der Waals surface area contributed by atoms with Crippen molar-refractivity contribution < 1.29 is 13.9 Å². The predicted octanol–water partition coefficient (Wildman–Crippen LogP) is 4.36.